The molecule has 0 saturated heterocycles. The molecular formula is C41H65Cl2N3O16S. The molecule has 22 heteroatoms. The molecule has 0 aromatic heterocycles. The van der Waals surface area contributed by atoms with Crippen LogP contribution < -0.4 is 20.7 Å². The highest BCUT2D eigenvalue weighted by Gasteiger charge is 2.24. The molecule has 1 rings (SSSR count). The molecule has 0 saturated carbocycles. The minimum atomic E-state index is -4.78. The summed E-state index contributed by atoms with van der Waals surface area (Å²) in [5.41, 5.74) is 0. The van der Waals surface area contributed by atoms with E-state index >= 15 is 0 Å². The summed E-state index contributed by atoms with van der Waals surface area (Å²) in [6.07, 6.45) is 15.2. The molecule has 0 aliphatic rings. The van der Waals surface area contributed by atoms with Crippen molar-refractivity contribution in [3.05, 3.63) is 22.2 Å². The van der Waals surface area contributed by atoms with Crippen LogP contribution in [0.25, 0.3) is 0 Å². The maximum Gasteiger partial charge on any atom is 0.337 e. The zero-order chi connectivity index (χ0) is 46.7. The Kier molecular flexibility index (Phi) is 32.5. The van der Waals surface area contributed by atoms with Crippen LogP contribution in [0.2, 0.25) is 10.0 Å². The summed E-state index contributed by atoms with van der Waals surface area (Å²) < 4.78 is 58.4. The predicted octanol–water partition coefficient (Wildman–Crippen LogP) is 5.12. The Hall–Kier alpha value is -3.63. The molecular weight excluding hydrogens is 893 g/mol. The third kappa shape index (κ3) is 31.8. The second-order valence-corrected chi connectivity index (χ2v) is 16.8. The molecule has 63 heavy (non-hydrogen) atoms. The Balaban J connectivity index is 1.98. The van der Waals surface area contributed by atoms with E-state index in [4.69, 9.17) is 52.0 Å². The van der Waals surface area contributed by atoms with Gasteiger partial charge in [-0.2, -0.15) is 8.42 Å². The number of carboxylic acids is 2. The predicted molar refractivity (Wildman–Crippen MR) is 232 cm³/mol. The third-order valence-electron chi connectivity index (χ3n) is 9.14. The van der Waals surface area contributed by atoms with Gasteiger partial charge in [-0.15, -0.1) is 0 Å². The molecule has 0 heterocycles. The summed E-state index contributed by atoms with van der Waals surface area (Å²) in [7, 11) is -4.78. The molecule has 6 N–H and O–H groups in total. The lowest BCUT2D eigenvalue weighted by Gasteiger charge is -2.14. The van der Waals surface area contributed by atoms with E-state index in [0.29, 0.717) is 6.42 Å². The number of ether oxygens (including phenoxy) is 5. The van der Waals surface area contributed by atoms with Gasteiger partial charge in [0, 0.05) is 37.4 Å². The molecule has 0 spiro atoms. The van der Waals surface area contributed by atoms with Crippen molar-refractivity contribution in [2.24, 2.45) is 0 Å². The largest absolute Gasteiger partial charge is 0.481 e. The van der Waals surface area contributed by atoms with Crippen molar-refractivity contribution in [2.75, 3.05) is 65.9 Å². The van der Waals surface area contributed by atoms with Gasteiger partial charge >= 0.3 is 17.9 Å². The third-order valence-corrected chi connectivity index (χ3v) is 10.5. The summed E-state index contributed by atoms with van der Waals surface area (Å²) >= 11 is 11.6. The van der Waals surface area contributed by atoms with Crippen LogP contribution >= 0.6 is 23.2 Å². The molecule has 0 bridgehead atoms. The van der Waals surface area contributed by atoms with E-state index in [1.54, 1.807) is 0 Å². The molecule has 360 valence electrons. The Morgan fingerprint density at radius 1 is 0.587 bits per heavy atom. The number of rotatable bonds is 40. The molecule has 1 aromatic carbocycles. The number of nitrogens with one attached hydrogen (secondary N) is 3. The first-order chi connectivity index (χ1) is 30.1. The van der Waals surface area contributed by atoms with Gasteiger partial charge in [0.2, 0.25) is 17.7 Å². The van der Waals surface area contributed by atoms with Gasteiger partial charge in [-0.3, -0.25) is 23.7 Å². The van der Waals surface area contributed by atoms with E-state index in [9.17, 15) is 46.8 Å². The van der Waals surface area contributed by atoms with E-state index in [1.807, 2.05) is 0 Å². The molecule has 1 atom stereocenters. The van der Waals surface area contributed by atoms with Gasteiger partial charge in [0.1, 0.15) is 24.2 Å². The average Bonchev–Trinajstić information content (AvgIpc) is 3.21. The zero-order valence-corrected chi connectivity index (χ0v) is 38.2. The van der Waals surface area contributed by atoms with Crippen LogP contribution in [0.3, 0.4) is 0 Å². The lowest BCUT2D eigenvalue weighted by atomic mass is 10.0. The zero-order valence-electron chi connectivity index (χ0n) is 35.8. The number of unbranched alkanes of at least 4 members (excludes halogenated alkanes) is 13. The number of carboxylic acid groups (broad SMARTS) is 2. The summed E-state index contributed by atoms with van der Waals surface area (Å²) in [5, 5.41) is 25.5. The fourth-order valence-corrected chi connectivity index (χ4v) is 7.19. The standard InChI is InChI=1S/C41H65Cl2N3O16S/c42-31-27-32(43)40(34(28-31)63(55,56)57)62-39(52)30-61-26-24-59-22-20-45-37(49)29-60-25-23-58-21-19-44-35(47)18-17-33(41(53)54)46-36(48)15-13-11-9-7-5-3-1-2-4-6-8-10-12-14-16-38(50)51/h27-28,33H,1-26,29-30H2,(H,44,47)(H,45,49)(H,46,48)(H,50,51)(H,53,54)(H,55,56,57). The molecule has 1 aromatic rings. The molecule has 0 aliphatic carbocycles. The Bertz CT molecular complexity index is 1640. The molecule has 0 radical (unpaired) electrons. The fourth-order valence-electron chi connectivity index (χ4n) is 5.88. The topological polar surface area (TPSA) is 279 Å². The van der Waals surface area contributed by atoms with Gasteiger partial charge in [-0.05, 0) is 31.4 Å². The van der Waals surface area contributed by atoms with Crippen LogP contribution in [0.4, 0.5) is 0 Å². The SMILES string of the molecule is O=C(O)CCCCCCCCCCCCCCCCC(=O)NC(CCC(=O)NCCOCCOCC(=O)NCCOCCOCC(=O)Oc1c(Cl)cc(Cl)cc1S(=O)(=O)O)C(=O)O. The number of carbonyl (C=O) groups is 6. The first-order valence-corrected chi connectivity index (χ1v) is 23.5. The number of esters is 1. The minimum absolute atomic E-state index is 0.0343. The van der Waals surface area contributed by atoms with Crippen LogP contribution in [-0.2, 0) is 57.8 Å². The van der Waals surface area contributed by atoms with Gasteiger partial charge in [-0.1, -0.05) is 100 Å². The first-order valence-electron chi connectivity index (χ1n) is 21.4. The number of amides is 3. The highest BCUT2D eigenvalue weighted by atomic mass is 35.5. The normalized spacial score (nSPS) is 11.8. The fraction of sp³-hybridized carbons (Fsp3) is 0.707. The number of halogens is 2. The van der Waals surface area contributed by atoms with Crippen LogP contribution in [0.5, 0.6) is 5.75 Å². The van der Waals surface area contributed by atoms with Crippen LogP contribution in [0.1, 0.15) is 116 Å². The summed E-state index contributed by atoms with van der Waals surface area (Å²) in [5.74, 6) is -4.64. The lowest BCUT2D eigenvalue weighted by Crippen LogP contribution is -2.41. The number of aliphatic carboxylic acids is 2. The van der Waals surface area contributed by atoms with Crippen molar-refractivity contribution in [1.29, 1.82) is 0 Å². The molecule has 19 nitrogen and oxygen atoms in total. The van der Waals surface area contributed by atoms with Crippen molar-refractivity contribution < 1.29 is 75.6 Å². The summed E-state index contributed by atoms with van der Waals surface area (Å²) in [6, 6.07) is 0.844. The highest BCUT2D eigenvalue weighted by molar-refractivity contribution is 7.86. The quantitative estimate of drug-likeness (QED) is 0.0215. The first kappa shape index (κ1) is 57.4. The van der Waals surface area contributed by atoms with Crippen LogP contribution in [0.15, 0.2) is 17.0 Å². The Morgan fingerprint density at radius 3 is 1.57 bits per heavy atom. The van der Waals surface area contributed by atoms with Gasteiger partial charge in [0.15, 0.2) is 5.75 Å². The van der Waals surface area contributed by atoms with E-state index in [2.05, 4.69) is 16.0 Å². The Morgan fingerprint density at radius 2 is 1.06 bits per heavy atom. The average molecular weight is 959 g/mol. The number of hydrogen-bond donors (Lipinski definition) is 6. The monoisotopic (exact) mass is 957 g/mol. The number of benzene rings is 1. The highest BCUT2D eigenvalue weighted by Crippen LogP contribution is 2.35. The lowest BCUT2D eigenvalue weighted by molar-refractivity contribution is -0.142. The minimum Gasteiger partial charge on any atom is -0.481 e. The maximum absolute atomic E-state index is 12.3. The molecule has 0 fully saturated rings. The number of carbonyl (C=O) groups excluding carboxylic acids is 4. The van der Waals surface area contributed by atoms with E-state index < -0.39 is 57.2 Å². The van der Waals surface area contributed by atoms with E-state index in [-0.39, 0.29) is 107 Å². The van der Waals surface area contributed by atoms with Crippen molar-refractivity contribution in [3.63, 3.8) is 0 Å². The second kappa shape index (κ2) is 35.7. The van der Waals surface area contributed by atoms with Crippen molar-refractivity contribution in [3.8, 4) is 5.75 Å². The smallest absolute Gasteiger partial charge is 0.337 e. The van der Waals surface area contributed by atoms with Gasteiger partial charge in [0.05, 0.1) is 44.7 Å². The summed E-state index contributed by atoms with van der Waals surface area (Å²) in [6.45, 7) is 0.116. The van der Waals surface area contributed by atoms with Crippen LogP contribution in [-0.4, -0.2) is 131 Å². The number of hydrogen-bond acceptors (Lipinski definition) is 13. The van der Waals surface area contributed by atoms with Gasteiger partial charge in [0.25, 0.3) is 10.1 Å². The maximum atomic E-state index is 12.3. The molecule has 0 aliphatic heterocycles. The molecule has 1 unspecified atom stereocenters. The van der Waals surface area contributed by atoms with Crippen LogP contribution in [0, 0.1) is 0 Å². The summed E-state index contributed by atoms with van der Waals surface area (Å²) in [4.78, 5) is 69.9. The van der Waals surface area contributed by atoms with E-state index in [1.165, 1.54) is 38.5 Å². The van der Waals surface area contributed by atoms with Gasteiger partial charge < -0.3 is 49.8 Å². The van der Waals surface area contributed by atoms with E-state index in [0.717, 1.165) is 57.1 Å². The van der Waals surface area contributed by atoms with Gasteiger partial charge in [-0.25, -0.2) is 9.59 Å². The van der Waals surface area contributed by atoms with Crippen molar-refractivity contribution >= 4 is 68.9 Å². The Labute approximate surface area is 379 Å². The second-order valence-electron chi connectivity index (χ2n) is 14.5. The van der Waals surface area contributed by atoms with Crippen molar-refractivity contribution in [1.82, 2.24) is 16.0 Å². The molecule has 3 amide bonds. The van der Waals surface area contributed by atoms with Crippen molar-refractivity contribution in [2.45, 2.75) is 127 Å².